The zero-order valence-electron chi connectivity index (χ0n) is 13.0. The van der Waals surface area contributed by atoms with Gasteiger partial charge in [0, 0.05) is 22.1 Å². The van der Waals surface area contributed by atoms with Crippen LogP contribution in [0.15, 0.2) is 24.3 Å². The Bertz CT molecular complexity index is 496. The predicted octanol–water partition coefficient (Wildman–Crippen LogP) is 3.73. The van der Waals surface area contributed by atoms with Gasteiger partial charge in [-0.1, -0.05) is 43.5 Å². The Kier molecular flexibility index (Phi) is 5.12. The van der Waals surface area contributed by atoms with Crippen LogP contribution in [0, 0.1) is 0 Å². The van der Waals surface area contributed by atoms with Gasteiger partial charge in [-0.25, -0.2) is 0 Å². The second-order valence-electron chi connectivity index (χ2n) is 6.48. The first-order valence-corrected chi connectivity index (χ1v) is 9.73. The normalized spacial score (nSPS) is 28.6. The molecule has 0 spiro atoms. The second kappa shape index (κ2) is 7.06. The number of nitrogens with one attached hydrogen (secondary N) is 1. The molecule has 0 aliphatic heterocycles. The van der Waals surface area contributed by atoms with Crippen molar-refractivity contribution in [2.45, 2.75) is 67.9 Å². The lowest BCUT2D eigenvalue weighted by molar-refractivity contribution is 0.484. The van der Waals surface area contributed by atoms with Gasteiger partial charge in [0.05, 0.1) is 5.25 Å². The van der Waals surface area contributed by atoms with E-state index in [4.69, 9.17) is 0 Å². The Morgan fingerprint density at radius 1 is 1.05 bits per heavy atom. The van der Waals surface area contributed by atoms with Crippen molar-refractivity contribution in [3.63, 3.8) is 0 Å². The largest absolute Gasteiger partial charge is 0.312 e. The summed E-state index contributed by atoms with van der Waals surface area (Å²) < 4.78 is 13.2. The molecule has 116 valence electrons. The predicted molar refractivity (Wildman–Crippen MR) is 90.0 cm³/mol. The lowest BCUT2D eigenvalue weighted by atomic mass is 9.99. The molecule has 2 aliphatic carbocycles. The maximum absolute atomic E-state index is 13.2. The highest BCUT2D eigenvalue weighted by molar-refractivity contribution is 7.86. The van der Waals surface area contributed by atoms with Gasteiger partial charge < -0.3 is 5.32 Å². The smallest absolute Gasteiger partial charge is 0.0545 e. The van der Waals surface area contributed by atoms with Gasteiger partial charge in [0.15, 0.2) is 0 Å². The van der Waals surface area contributed by atoms with E-state index < -0.39 is 10.8 Å². The van der Waals surface area contributed by atoms with Crippen LogP contribution in [0.2, 0.25) is 0 Å². The monoisotopic (exact) mass is 305 g/mol. The third kappa shape index (κ3) is 3.24. The Morgan fingerprint density at radius 2 is 1.81 bits per heavy atom. The molecule has 0 radical (unpaired) electrons. The first kappa shape index (κ1) is 15.2. The molecule has 21 heavy (non-hydrogen) atoms. The number of hydrogen-bond acceptors (Lipinski definition) is 2. The fraction of sp³-hybridized carbons (Fsp3) is 0.667. The molecule has 3 heteroatoms. The highest BCUT2D eigenvalue weighted by atomic mass is 32.2. The van der Waals surface area contributed by atoms with E-state index in [0.29, 0.717) is 5.25 Å². The minimum Gasteiger partial charge on any atom is -0.312 e. The van der Waals surface area contributed by atoms with Crippen molar-refractivity contribution >= 4 is 10.8 Å². The van der Waals surface area contributed by atoms with Gasteiger partial charge in [-0.15, -0.1) is 0 Å². The van der Waals surface area contributed by atoms with Crippen molar-refractivity contribution in [1.29, 1.82) is 0 Å². The van der Waals surface area contributed by atoms with Crippen LogP contribution in [0.1, 0.15) is 62.1 Å². The summed E-state index contributed by atoms with van der Waals surface area (Å²) in [6.45, 7) is 0. The van der Waals surface area contributed by atoms with Crippen molar-refractivity contribution in [3.05, 3.63) is 35.4 Å². The molecule has 1 fully saturated rings. The average molecular weight is 305 g/mol. The minimum atomic E-state index is -0.704. The van der Waals surface area contributed by atoms with Crippen LogP contribution in [0.3, 0.4) is 0 Å². The van der Waals surface area contributed by atoms with E-state index in [1.807, 2.05) is 7.05 Å². The van der Waals surface area contributed by atoms with Gasteiger partial charge >= 0.3 is 0 Å². The molecule has 3 unspecified atom stereocenters. The van der Waals surface area contributed by atoms with Crippen LogP contribution in [-0.4, -0.2) is 21.8 Å². The first-order valence-electron chi connectivity index (χ1n) is 8.45. The molecule has 1 saturated carbocycles. The Balaban J connectivity index is 1.85. The Hall–Kier alpha value is -0.670. The van der Waals surface area contributed by atoms with Gasteiger partial charge in [-0.05, 0) is 50.3 Å². The van der Waals surface area contributed by atoms with Crippen molar-refractivity contribution in [3.8, 4) is 0 Å². The SMILES string of the molecule is CNC1c2ccccc2CCCC1S(=O)C1CCCCC1. The van der Waals surface area contributed by atoms with E-state index in [0.717, 1.165) is 12.8 Å². The summed E-state index contributed by atoms with van der Waals surface area (Å²) in [6, 6.07) is 8.98. The molecule has 0 aromatic heterocycles. The van der Waals surface area contributed by atoms with E-state index in [1.165, 1.54) is 49.7 Å². The number of fused-ring (bicyclic) bond motifs is 1. The van der Waals surface area contributed by atoms with E-state index in [-0.39, 0.29) is 11.3 Å². The molecule has 1 aromatic rings. The van der Waals surface area contributed by atoms with Crippen molar-refractivity contribution in [2.75, 3.05) is 7.05 Å². The van der Waals surface area contributed by atoms with Crippen molar-refractivity contribution in [1.82, 2.24) is 5.32 Å². The zero-order chi connectivity index (χ0) is 14.7. The van der Waals surface area contributed by atoms with E-state index in [2.05, 4.69) is 29.6 Å². The van der Waals surface area contributed by atoms with Crippen LogP contribution in [0.5, 0.6) is 0 Å². The number of hydrogen-bond donors (Lipinski definition) is 1. The molecule has 3 rings (SSSR count). The Morgan fingerprint density at radius 3 is 2.57 bits per heavy atom. The van der Waals surface area contributed by atoms with E-state index in [9.17, 15) is 4.21 Å². The summed E-state index contributed by atoms with van der Waals surface area (Å²) in [7, 11) is 1.32. The average Bonchev–Trinajstić information content (AvgIpc) is 2.74. The summed E-state index contributed by atoms with van der Waals surface area (Å²) in [5.74, 6) is 0. The minimum absolute atomic E-state index is 0.256. The highest BCUT2D eigenvalue weighted by Gasteiger charge is 2.34. The standard InChI is InChI=1S/C18H27NOS/c1-19-18-16-12-6-5-8-14(16)9-7-13-17(18)21(20)15-10-3-2-4-11-15/h5-6,8,12,15,17-19H,2-4,7,9-11,13H2,1H3. The number of aryl methyl sites for hydroxylation is 1. The number of rotatable bonds is 3. The second-order valence-corrected chi connectivity index (χ2v) is 8.41. The Labute approximate surface area is 131 Å². The lowest BCUT2D eigenvalue weighted by Crippen LogP contribution is -2.37. The summed E-state index contributed by atoms with van der Waals surface area (Å²) >= 11 is 0. The molecule has 0 saturated heterocycles. The third-order valence-electron chi connectivity index (χ3n) is 5.19. The maximum atomic E-state index is 13.2. The highest BCUT2D eigenvalue weighted by Crippen LogP contribution is 2.35. The molecule has 0 bridgehead atoms. The molecule has 1 aromatic carbocycles. The van der Waals surface area contributed by atoms with Crippen LogP contribution >= 0.6 is 0 Å². The fourth-order valence-corrected chi connectivity index (χ4v) is 6.30. The van der Waals surface area contributed by atoms with Gasteiger partial charge in [0.1, 0.15) is 0 Å². The van der Waals surface area contributed by atoms with Crippen LogP contribution < -0.4 is 5.32 Å². The lowest BCUT2D eigenvalue weighted by Gasteiger charge is -2.31. The zero-order valence-corrected chi connectivity index (χ0v) is 13.8. The molecular weight excluding hydrogens is 278 g/mol. The van der Waals surface area contributed by atoms with E-state index >= 15 is 0 Å². The first-order chi connectivity index (χ1) is 10.3. The van der Waals surface area contributed by atoms with Gasteiger partial charge in [-0.2, -0.15) is 0 Å². The van der Waals surface area contributed by atoms with Gasteiger partial charge in [0.25, 0.3) is 0 Å². The molecular formula is C18H27NOS. The van der Waals surface area contributed by atoms with Crippen LogP contribution in [-0.2, 0) is 17.2 Å². The number of benzene rings is 1. The van der Waals surface area contributed by atoms with E-state index in [1.54, 1.807) is 0 Å². The molecule has 2 aliphatic rings. The van der Waals surface area contributed by atoms with Gasteiger partial charge in [0.2, 0.25) is 0 Å². The fourth-order valence-electron chi connectivity index (χ4n) is 4.06. The summed E-state index contributed by atoms with van der Waals surface area (Å²) in [6.07, 6.45) is 9.58. The quantitative estimate of drug-likeness (QED) is 0.862. The summed E-state index contributed by atoms with van der Waals surface area (Å²) in [4.78, 5) is 0. The molecule has 3 atom stereocenters. The molecule has 2 nitrogen and oxygen atoms in total. The van der Waals surface area contributed by atoms with Crippen molar-refractivity contribution < 1.29 is 4.21 Å². The molecule has 1 N–H and O–H groups in total. The van der Waals surface area contributed by atoms with Crippen LogP contribution in [0.25, 0.3) is 0 Å². The van der Waals surface area contributed by atoms with Crippen molar-refractivity contribution in [2.24, 2.45) is 0 Å². The van der Waals surface area contributed by atoms with Gasteiger partial charge in [-0.3, -0.25) is 4.21 Å². The third-order valence-corrected chi connectivity index (χ3v) is 7.42. The topological polar surface area (TPSA) is 29.1 Å². The molecule has 0 amide bonds. The maximum Gasteiger partial charge on any atom is 0.0545 e. The summed E-state index contributed by atoms with van der Waals surface area (Å²) in [5.41, 5.74) is 2.83. The summed E-state index contributed by atoms with van der Waals surface area (Å²) in [5, 5.41) is 4.19. The van der Waals surface area contributed by atoms with Crippen LogP contribution in [0.4, 0.5) is 0 Å². The molecule has 0 heterocycles.